The van der Waals surface area contributed by atoms with E-state index in [0.717, 1.165) is 21.5 Å². The monoisotopic (exact) mass is 384 g/mol. The molecule has 0 aliphatic rings. The highest BCUT2D eigenvalue weighted by Crippen LogP contribution is 2.31. The van der Waals surface area contributed by atoms with E-state index in [2.05, 4.69) is 0 Å². The zero-order valence-corrected chi connectivity index (χ0v) is 15.8. The lowest BCUT2D eigenvalue weighted by Gasteiger charge is -2.13. The van der Waals surface area contributed by atoms with Gasteiger partial charge < -0.3 is 9.84 Å². The molecular formula is C25H20O4. The number of aliphatic carboxylic acids is 1. The Hall–Kier alpha value is -3.66. The van der Waals surface area contributed by atoms with E-state index in [-0.39, 0.29) is 12.2 Å². The Bertz CT molecular complexity index is 1200. The predicted molar refractivity (Wildman–Crippen MR) is 114 cm³/mol. The molecule has 0 saturated heterocycles. The third-order valence-corrected chi connectivity index (χ3v) is 4.96. The van der Waals surface area contributed by atoms with Crippen molar-refractivity contribution < 1.29 is 19.4 Å². The van der Waals surface area contributed by atoms with E-state index >= 15 is 0 Å². The Morgan fingerprint density at radius 1 is 0.724 bits per heavy atom. The Kier molecular flexibility index (Phi) is 5.25. The summed E-state index contributed by atoms with van der Waals surface area (Å²) in [6.07, 6.45) is 0.496. The molecule has 0 unspecified atom stereocenters. The average Bonchev–Trinajstić information content (AvgIpc) is 2.75. The standard InChI is InChI=1S/C25H20O4/c26-24(27)13-6-16-29-23-15-14-22(19-10-3-4-11-20(19)23)25(28)21-12-5-8-17-7-1-2-9-18(17)21/h1-5,7-12,14-15H,6,13,16H2,(H,26,27). The molecule has 1 N–H and O–H groups in total. The van der Waals surface area contributed by atoms with Crippen LogP contribution in [0.2, 0.25) is 0 Å². The molecule has 4 aromatic rings. The van der Waals surface area contributed by atoms with Crippen LogP contribution in [-0.4, -0.2) is 23.5 Å². The number of benzene rings is 4. The van der Waals surface area contributed by atoms with Gasteiger partial charge in [-0.1, -0.05) is 66.7 Å². The molecule has 4 nitrogen and oxygen atoms in total. The summed E-state index contributed by atoms with van der Waals surface area (Å²) >= 11 is 0. The van der Waals surface area contributed by atoms with Gasteiger partial charge in [0.05, 0.1) is 6.61 Å². The Balaban J connectivity index is 1.72. The highest BCUT2D eigenvalue weighted by atomic mass is 16.5. The molecule has 0 aromatic heterocycles. The van der Waals surface area contributed by atoms with E-state index < -0.39 is 5.97 Å². The summed E-state index contributed by atoms with van der Waals surface area (Å²) in [5.41, 5.74) is 1.29. The van der Waals surface area contributed by atoms with Crippen LogP contribution in [0.5, 0.6) is 5.75 Å². The van der Waals surface area contributed by atoms with Gasteiger partial charge in [0.2, 0.25) is 0 Å². The van der Waals surface area contributed by atoms with Crippen LogP contribution < -0.4 is 4.74 Å². The fourth-order valence-electron chi connectivity index (χ4n) is 3.57. The summed E-state index contributed by atoms with van der Waals surface area (Å²) in [5, 5.41) is 12.4. The third-order valence-electron chi connectivity index (χ3n) is 4.96. The van der Waals surface area contributed by atoms with Gasteiger partial charge in [-0.05, 0) is 34.7 Å². The average molecular weight is 384 g/mol. The minimum Gasteiger partial charge on any atom is -0.493 e. The minimum absolute atomic E-state index is 0.0320. The van der Waals surface area contributed by atoms with Gasteiger partial charge in [0, 0.05) is 22.9 Å². The SMILES string of the molecule is O=C(O)CCCOc1ccc(C(=O)c2cccc3ccccc23)c2ccccc12. The Morgan fingerprint density at radius 3 is 2.17 bits per heavy atom. The second kappa shape index (κ2) is 8.15. The topological polar surface area (TPSA) is 63.6 Å². The van der Waals surface area contributed by atoms with Gasteiger partial charge in [-0.2, -0.15) is 0 Å². The first-order chi connectivity index (χ1) is 14.1. The van der Waals surface area contributed by atoms with Crippen molar-refractivity contribution in [3.8, 4) is 5.75 Å². The summed E-state index contributed by atoms with van der Waals surface area (Å²) in [5.74, 6) is -0.217. The first kappa shape index (κ1) is 18.7. The normalized spacial score (nSPS) is 10.9. The minimum atomic E-state index is -0.838. The van der Waals surface area contributed by atoms with Gasteiger partial charge in [-0.3, -0.25) is 9.59 Å². The van der Waals surface area contributed by atoms with Gasteiger partial charge in [0.1, 0.15) is 5.75 Å². The number of rotatable bonds is 7. The van der Waals surface area contributed by atoms with Crippen molar-refractivity contribution in [2.75, 3.05) is 6.61 Å². The largest absolute Gasteiger partial charge is 0.493 e. The van der Waals surface area contributed by atoms with Crippen molar-refractivity contribution in [2.24, 2.45) is 0 Å². The summed E-state index contributed by atoms with van der Waals surface area (Å²) < 4.78 is 5.81. The van der Waals surface area contributed by atoms with Crippen molar-refractivity contribution >= 4 is 33.3 Å². The zero-order valence-electron chi connectivity index (χ0n) is 15.8. The third kappa shape index (κ3) is 3.83. The van der Waals surface area contributed by atoms with Crippen LogP contribution in [0, 0.1) is 0 Å². The number of hydrogen-bond donors (Lipinski definition) is 1. The molecule has 4 rings (SSSR count). The van der Waals surface area contributed by atoms with Gasteiger partial charge in [0.25, 0.3) is 0 Å². The molecule has 0 atom stereocenters. The van der Waals surface area contributed by atoms with Gasteiger partial charge in [-0.15, -0.1) is 0 Å². The van der Waals surface area contributed by atoms with Crippen molar-refractivity contribution in [2.45, 2.75) is 12.8 Å². The van der Waals surface area contributed by atoms with E-state index in [1.807, 2.05) is 66.7 Å². The number of carbonyl (C=O) groups is 2. The van der Waals surface area contributed by atoms with Gasteiger partial charge in [-0.25, -0.2) is 0 Å². The molecule has 0 spiro atoms. The molecule has 0 fully saturated rings. The van der Waals surface area contributed by atoms with Crippen LogP contribution in [0.1, 0.15) is 28.8 Å². The van der Waals surface area contributed by atoms with Crippen molar-refractivity contribution in [1.29, 1.82) is 0 Å². The summed E-state index contributed by atoms with van der Waals surface area (Å²) in [6, 6.07) is 24.8. The van der Waals surface area contributed by atoms with E-state index in [1.54, 1.807) is 12.1 Å². The maximum atomic E-state index is 13.4. The zero-order chi connectivity index (χ0) is 20.2. The number of hydrogen-bond acceptors (Lipinski definition) is 3. The van der Waals surface area contributed by atoms with Gasteiger partial charge >= 0.3 is 5.97 Å². The van der Waals surface area contributed by atoms with Gasteiger partial charge in [0.15, 0.2) is 5.78 Å². The van der Waals surface area contributed by atoms with E-state index in [1.165, 1.54) is 0 Å². The number of carboxylic acid groups (broad SMARTS) is 1. The number of ether oxygens (including phenoxy) is 1. The second-order valence-electron chi connectivity index (χ2n) is 6.86. The van der Waals surface area contributed by atoms with Crippen LogP contribution in [0.3, 0.4) is 0 Å². The maximum Gasteiger partial charge on any atom is 0.303 e. The first-order valence-corrected chi connectivity index (χ1v) is 9.54. The van der Waals surface area contributed by atoms with Crippen molar-refractivity contribution in [3.63, 3.8) is 0 Å². The molecule has 144 valence electrons. The predicted octanol–water partition coefficient (Wildman–Crippen LogP) is 5.47. The lowest BCUT2D eigenvalue weighted by molar-refractivity contribution is -0.137. The fraction of sp³-hybridized carbons (Fsp3) is 0.120. The highest BCUT2D eigenvalue weighted by Gasteiger charge is 2.17. The fourth-order valence-corrected chi connectivity index (χ4v) is 3.57. The molecule has 0 heterocycles. The number of ketones is 1. The molecule has 0 aliphatic carbocycles. The second-order valence-corrected chi connectivity index (χ2v) is 6.86. The van der Waals surface area contributed by atoms with Crippen LogP contribution in [-0.2, 0) is 4.79 Å². The molecule has 4 aromatic carbocycles. The smallest absolute Gasteiger partial charge is 0.303 e. The lowest BCUT2D eigenvalue weighted by atomic mass is 9.93. The first-order valence-electron chi connectivity index (χ1n) is 9.54. The Labute approximate surface area is 168 Å². The van der Waals surface area contributed by atoms with Crippen molar-refractivity contribution in [3.05, 3.63) is 90.0 Å². The van der Waals surface area contributed by atoms with Crippen LogP contribution in [0.25, 0.3) is 21.5 Å². The molecule has 0 aliphatic heterocycles. The quantitative estimate of drug-likeness (QED) is 0.339. The van der Waals surface area contributed by atoms with E-state index in [9.17, 15) is 9.59 Å². The van der Waals surface area contributed by atoms with Crippen LogP contribution in [0.15, 0.2) is 78.9 Å². The molecular weight excluding hydrogens is 364 g/mol. The Morgan fingerprint density at radius 2 is 1.38 bits per heavy atom. The highest BCUT2D eigenvalue weighted by molar-refractivity contribution is 6.21. The number of carboxylic acids is 1. The molecule has 0 radical (unpaired) electrons. The van der Waals surface area contributed by atoms with Crippen LogP contribution >= 0.6 is 0 Å². The van der Waals surface area contributed by atoms with Crippen LogP contribution in [0.4, 0.5) is 0 Å². The number of fused-ring (bicyclic) bond motifs is 2. The lowest BCUT2D eigenvalue weighted by Crippen LogP contribution is -2.05. The number of carbonyl (C=O) groups excluding carboxylic acids is 1. The molecule has 4 heteroatoms. The molecule has 0 saturated carbocycles. The molecule has 0 bridgehead atoms. The summed E-state index contributed by atoms with van der Waals surface area (Å²) in [7, 11) is 0. The molecule has 0 amide bonds. The summed E-state index contributed by atoms with van der Waals surface area (Å²) in [4.78, 5) is 24.1. The van der Waals surface area contributed by atoms with E-state index in [4.69, 9.17) is 9.84 Å². The van der Waals surface area contributed by atoms with Crippen molar-refractivity contribution in [1.82, 2.24) is 0 Å². The molecule has 29 heavy (non-hydrogen) atoms. The maximum absolute atomic E-state index is 13.4. The van der Waals surface area contributed by atoms with E-state index in [0.29, 0.717) is 29.9 Å². The summed E-state index contributed by atoms with van der Waals surface area (Å²) in [6.45, 7) is 0.312.